The van der Waals surface area contributed by atoms with Gasteiger partial charge < -0.3 is 0 Å². The van der Waals surface area contributed by atoms with Crippen molar-refractivity contribution in [3.05, 3.63) is 571 Å². The van der Waals surface area contributed by atoms with Crippen molar-refractivity contribution in [2.75, 3.05) is 0 Å². The summed E-state index contributed by atoms with van der Waals surface area (Å²) in [5, 5.41) is 0. The second kappa shape index (κ2) is 42.8. The van der Waals surface area contributed by atoms with Crippen molar-refractivity contribution in [2.45, 2.75) is 0 Å². The zero-order valence-electron chi connectivity index (χ0n) is 78.8. The van der Waals surface area contributed by atoms with E-state index in [-0.39, 0.29) is 0 Å². The van der Waals surface area contributed by atoms with E-state index in [0.717, 1.165) is 95.0 Å². The molecular formula is C136H94N8. The molecule has 0 fully saturated rings. The van der Waals surface area contributed by atoms with E-state index in [0.29, 0.717) is 29.1 Å². The summed E-state index contributed by atoms with van der Waals surface area (Å²) in [5.41, 5.74) is 40.8. The average molecular weight is 1840 g/mol. The fraction of sp³-hybridized carbons (Fsp3) is 0. The highest BCUT2D eigenvalue weighted by atomic mass is 15.0. The molecular weight excluding hydrogens is 1750 g/mol. The van der Waals surface area contributed by atoms with E-state index in [9.17, 15) is 0 Å². The zero-order valence-corrected chi connectivity index (χ0v) is 78.8. The van der Waals surface area contributed by atoms with E-state index in [2.05, 4.69) is 440 Å². The quantitative estimate of drug-likeness (QED) is 0.0701. The van der Waals surface area contributed by atoms with Crippen LogP contribution >= 0.6 is 0 Å². The molecule has 0 N–H and O–H groups in total. The van der Waals surface area contributed by atoms with Crippen LogP contribution in [-0.4, -0.2) is 39.9 Å². The Kier molecular flexibility index (Phi) is 26.7. The van der Waals surface area contributed by atoms with E-state index in [1.165, 1.54) is 111 Å². The fourth-order valence-electron chi connectivity index (χ4n) is 18.4. The molecule has 0 aliphatic rings. The molecule has 678 valence electrons. The summed E-state index contributed by atoms with van der Waals surface area (Å²) in [7, 11) is 0. The molecule has 3 heterocycles. The van der Waals surface area contributed by atoms with Gasteiger partial charge in [0.15, 0.2) is 34.9 Å². The third-order valence-corrected chi connectivity index (χ3v) is 25.8. The molecule has 144 heavy (non-hydrogen) atoms. The minimum absolute atomic E-state index is 0.642. The van der Waals surface area contributed by atoms with Gasteiger partial charge in [-0.05, 0) is 253 Å². The van der Waals surface area contributed by atoms with Crippen LogP contribution in [0.3, 0.4) is 0 Å². The Bertz CT molecular complexity index is 7650. The summed E-state index contributed by atoms with van der Waals surface area (Å²) in [4.78, 5) is 37.8. The molecule has 3 aromatic heterocycles. The van der Waals surface area contributed by atoms with Crippen LogP contribution in [0.15, 0.2) is 571 Å². The Balaban J connectivity index is 0.000000123. The van der Waals surface area contributed by atoms with E-state index >= 15 is 0 Å². The molecule has 8 nitrogen and oxygen atoms in total. The normalized spacial score (nSPS) is 10.9. The van der Waals surface area contributed by atoms with Gasteiger partial charge in [-0.3, -0.25) is 0 Å². The summed E-state index contributed by atoms with van der Waals surface area (Å²) in [6.45, 7) is 0. The average Bonchev–Trinajstić information content (AvgIpc) is 0.796. The lowest BCUT2D eigenvalue weighted by atomic mass is 9.92. The molecule has 24 rings (SSSR count). The number of nitrogens with zero attached hydrogens (tertiary/aromatic N) is 8. The van der Waals surface area contributed by atoms with E-state index in [1.807, 2.05) is 140 Å². The fourth-order valence-corrected chi connectivity index (χ4v) is 18.4. The first-order valence-corrected chi connectivity index (χ1v) is 48.4. The van der Waals surface area contributed by atoms with Gasteiger partial charge in [0.2, 0.25) is 0 Å². The summed E-state index contributed by atoms with van der Waals surface area (Å²) >= 11 is 0. The molecule has 0 unspecified atom stereocenters. The van der Waals surface area contributed by atoms with Gasteiger partial charge in [-0.1, -0.05) is 461 Å². The Labute approximate surface area is 840 Å². The van der Waals surface area contributed by atoms with Crippen molar-refractivity contribution in [2.24, 2.45) is 0 Å². The first kappa shape index (κ1) is 89.9. The lowest BCUT2D eigenvalue weighted by Crippen LogP contribution is -2.00. The second-order valence-electron chi connectivity index (χ2n) is 35.4. The van der Waals surface area contributed by atoms with Crippen LogP contribution in [0.25, 0.3) is 235 Å². The van der Waals surface area contributed by atoms with Gasteiger partial charge in [0.25, 0.3) is 0 Å². The van der Waals surface area contributed by atoms with E-state index in [4.69, 9.17) is 24.9 Å². The Morgan fingerprint density at radius 1 is 0.0903 bits per heavy atom. The predicted octanol–water partition coefficient (Wildman–Crippen LogP) is 35.2. The van der Waals surface area contributed by atoms with Gasteiger partial charge in [-0.2, -0.15) is 0 Å². The van der Waals surface area contributed by atoms with Crippen molar-refractivity contribution >= 4 is 0 Å². The Hall–Kier alpha value is -19.3. The molecule has 0 radical (unpaired) electrons. The van der Waals surface area contributed by atoms with Crippen molar-refractivity contribution in [1.29, 1.82) is 0 Å². The number of benzene rings is 21. The standard InChI is InChI=1S/C46H32N2.2C45H31N3/c1-3-12-33(13-4-1)35-16-7-17-36(28-35)37-18-8-19-38(29-37)39-20-9-21-40(30-39)41-22-10-23-42(31-41)43-24-11-25-44(32-43)45-26-27-47-46(48-45)34-14-5-2-6-15-34;1-5-15-32(16-6-1)40-29-41(33-17-7-2-8-18-33)31-42(30-40)38-25-13-23-36(27-38)37-24-14-26-39(28-37)45-47-43(34-19-9-3-10-20-34)46-44(48-45)35-21-11-4-12-22-35;1-3-12-32(13-4-1)34-16-7-17-35(26-34)36-18-8-19-37(27-36)38-20-9-21-39(28-38)40-22-10-23-41(29-40)42-24-11-25-43(30-42)45-47-31-46-44(48-45)33-14-5-2-6-15-33/h1-32H;2*1-31H. The smallest absolute Gasteiger partial charge is 0.164 e. The lowest BCUT2D eigenvalue weighted by Gasteiger charge is -2.13. The summed E-state index contributed by atoms with van der Waals surface area (Å²) in [6.07, 6.45) is 3.42. The topological polar surface area (TPSA) is 103 Å². The number of hydrogen-bond donors (Lipinski definition) is 0. The van der Waals surface area contributed by atoms with Crippen LogP contribution in [0.4, 0.5) is 0 Å². The van der Waals surface area contributed by atoms with Crippen LogP contribution in [0.1, 0.15) is 0 Å². The highest BCUT2D eigenvalue weighted by Crippen LogP contribution is 2.41. The summed E-state index contributed by atoms with van der Waals surface area (Å²) in [5.74, 6) is 4.00. The molecule has 0 aliphatic carbocycles. The Morgan fingerprint density at radius 3 is 0.500 bits per heavy atom. The first-order chi connectivity index (χ1) is 71.3. The van der Waals surface area contributed by atoms with E-state index in [1.54, 1.807) is 6.33 Å². The maximum atomic E-state index is 4.95. The lowest BCUT2D eigenvalue weighted by molar-refractivity contribution is 1.07. The van der Waals surface area contributed by atoms with Crippen molar-refractivity contribution in [1.82, 2.24) is 39.9 Å². The van der Waals surface area contributed by atoms with Crippen molar-refractivity contribution < 1.29 is 0 Å². The van der Waals surface area contributed by atoms with Gasteiger partial charge >= 0.3 is 0 Å². The largest absolute Gasteiger partial charge is 0.237 e. The number of aromatic nitrogens is 8. The molecule has 8 heteroatoms. The monoisotopic (exact) mass is 1840 g/mol. The molecule has 0 aliphatic heterocycles. The SMILES string of the molecule is c1ccc(-c2cc(-c3ccccc3)cc(-c3cccc(-c4cccc(-c5nc(-c6ccccc6)nc(-c6ccccc6)n5)c4)c3)c2)cc1.c1ccc(-c2cccc(-c3cccc(-c4cccc(-c5cccc(-c6cccc(-c7ccnc(-c8ccccc8)n7)c6)c5)c4)c3)c2)cc1.c1ccc(-c2cccc(-c3cccc(-c4cccc(-c5cccc(-c6cccc(-c7ncnc(-c8ccccc8)n7)c6)c5)c4)c3)c2)cc1. The highest BCUT2D eigenvalue weighted by Gasteiger charge is 2.19. The molecule has 21 aromatic carbocycles. The minimum Gasteiger partial charge on any atom is -0.237 e. The van der Waals surface area contributed by atoms with E-state index < -0.39 is 0 Å². The third-order valence-electron chi connectivity index (χ3n) is 25.8. The highest BCUT2D eigenvalue weighted by molar-refractivity contribution is 5.88. The zero-order chi connectivity index (χ0) is 96.4. The number of hydrogen-bond acceptors (Lipinski definition) is 8. The van der Waals surface area contributed by atoms with Crippen LogP contribution in [0, 0.1) is 0 Å². The molecule has 0 bridgehead atoms. The maximum Gasteiger partial charge on any atom is 0.164 e. The van der Waals surface area contributed by atoms with Gasteiger partial charge in [0.05, 0.1) is 5.69 Å². The first-order valence-electron chi connectivity index (χ1n) is 48.4. The van der Waals surface area contributed by atoms with Crippen LogP contribution in [-0.2, 0) is 0 Å². The van der Waals surface area contributed by atoms with Gasteiger partial charge in [0, 0.05) is 45.1 Å². The van der Waals surface area contributed by atoms with Gasteiger partial charge in [0.1, 0.15) is 6.33 Å². The molecule has 0 amide bonds. The maximum absolute atomic E-state index is 4.95. The van der Waals surface area contributed by atoms with Crippen LogP contribution < -0.4 is 0 Å². The molecule has 0 spiro atoms. The molecule has 24 aromatic rings. The van der Waals surface area contributed by atoms with Crippen LogP contribution in [0.5, 0.6) is 0 Å². The summed E-state index contributed by atoms with van der Waals surface area (Å²) < 4.78 is 0. The van der Waals surface area contributed by atoms with Crippen molar-refractivity contribution in [3.8, 4) is 235 Å². The van der Waals surface area contributed by atoms with Crippen molar-refractivity contribution in [3.63, 3.8) is 0 Å². The van der Waals surface area contributed by atoms with Gasteiger partial charge in [-0.25, -0.2) is 39.9 Å². The summed E-state index contributed by atoms with van der Waals surface area (Å²) in [6, 6.07) is 196. The second-order valence-corrected chi connectivity index (χ2v) is 35.4. The van der Waals surface area contributed by atoms with Crippen LogP contribution in [0.2, 0.25) is 0 Å². The minimum atomic E-state index is 0.642. The molecule has 0 atom stereocenters. The predicted molar refractivity (Wildman–Crippen MR) is 596 cm³/mol. The molecule has 0 saturated heterocycles. The van der Waals surface area contributed by atoms with Gasteiger partial charge in [-0.15, -0.1) is 0 Å². The third kappa shape index (κ3) is 21.2. The molecule has 0 saturated carbocycles. The number of rotatable bonds is 21. The Morgan fingerprint density at radius 2 is 0.236 bits per heavy atom.